The molecule has 4 N–H and O–H groups in total. The van der Waals surface area contributed by atoms with Crippen molar-refractivity contribution in [1.29, 1.82) is 0 Å². The second-order valence-corrected chi connectivity index (χ2v) is 10.6. The van der Waals surface area contributed by atoms with E-state index in [4.69, 9.17) is 18.9 Å². The van der Waals surface area contributed by atoms with E-state index in [1.165, 1.54) is 18.2 Å². The Hall–Kier alpha value is -5.07. The molecular formula is C35H32O11. The quantitative estimate of drug-likeness (QED) is 0.142. The summed E-state index contributed by atoms with van der Waals surface area (Å²) in [4.78, 5) is 38.3. The highest BCUT2D eigenvalue weighted by Crippen LogP contribution is 2.30. The van der Waals surface area contributed by atoms with Crippen LogP contribution in [-0.2, 0) is 27.2 Å². The number of esters is 2. The zero-order chi connectivity index (χ0) is 32.6. The van der Waals surface area contributed by atoms with Crippen molar-refractivity contribution < 1.29 is 53.8 Å². The molecule has 0 radical (unpaired) electrons. The predicted molar refractivity (Wildman–Crippen MR) is 162 cm³/mol. The van der Waals surface area contributed by atoms with Crippen LogP contribution in [-0.4, -0.2) is 75.5 Å². The van der Waals surface area contributed by atoms with Crippen LogP contribution in [0.4, 0.5) is 0 Å². The summed E-state index contributed by atoms with van der Waals surface area (Å²) in [5.74, 6) is -1.71. The van der Waals surface area contributed by atoms with Crippen molar-refractivity contribution in [3.05, 3.63) is 131 Å². The fraction of sp³-hybridized carbons (Fsp3) is 0.229. The fourth-order valence-corrected chi connectivity index (χ4v) is 4.88. The summed E-state index contributed by atoms with van der Waals surface area (Å²) >= 11 is 0. The number of carbonyl (C=O) groups excluding carboxylic acids is 3. The molecule has 1 aliphatic heterocycles. The van der Waals surface area contributed by atoms with Gasteiger partial charge in [-0.1, -0.05) is 66.7 Å². The Morgan fingerprint density at radius 3 is 2.04 bits per heavy atom. The molecule has 0 bridgehead atoms. The summed E-state index contributed by atoms with van der Waals surface area (Å²) < 4.78 is 22.3. The molecule has 4 aromatic rings. The van der Waals surface area contributed by atoms with Crippen LogP contribution in [0.1, 0.15) is 42.2 Å². The number of benzene rings is 4. The van der Waals surface area contributed by atoms with Gasteiger partial charge < -0.3 is 39.4 Å². The molecule has 1 heterocycles. The molecule has 4 aromatic carbocycles. The maximum absolute atomic E-state index is 13.1. The largest absolute Gasteiger partial charge is 0.508 e. The third kappa shape index (κ3) is 7.76. The molecule has 0 amide bonds. The van der Waals surface area contributed by atoms with Crippen LogP contribution in [0.5, 0.6) is 11.5 Å². The second-order valence-electron chi connectivity index (χ2n) is 10.6. The number of aromatic hydroxyl groups is 1. The van der Waals surface area contributed by atoms with E-state index in [0.717, 1.165) is 0 Å². The number of phenols is 1. The molecule has 0 spiro atoms. The van der Waals surface area contributed by atoms with Crippen LogP contribution in [0.3, 0.4) is 0 Å². The van der Waals surface area contributed by atoms with Crippen molar-refractivity contribution in [2.24, 2.45) is 0 Å². The molecule has 5 atom stereocenters. The van der Waals surface area contributed by atoms with E-state index in [2.05, 4.69) is 0 Å². The van der Waals surface area contributed by atoms with Crippen LogP contribution in [0.15, 0.2) is 103 Å². The van der Waals surface area contributed by atoms with Gasteiger partial charge in [0.05, 0.1) is 11.1 Å². The van der Waals surface area contributed by atoms with Crippen LogP contribution in [0.25, 0.3) is 0 Å². The van der Waals surface area contributed by atoms with Gasteiger partial charge in [-0.2, -0.15) is 0 Å². The minimum atomic E-state index is -1.72. The summed E-state index contributed by atoms with van der Waals surface area (Å²) in [6.07, 6.45) is -7.86. The maximum atomic E-state index is 13.1. The van der Waals surface area contributed by atoms with Gasteiger partial charge >= 0.3 is 11.9 Å². The summed E-state index contributed by atoms with van der Waals surface area (Å²) in [5, 5.41) is 41.7. The number of hydrogen-bond acceptors (Lipinski definition) is 11. The van der Waals surface area contributed by atoms with Crippen LogP contribution >= 0.6 is 0 Å². The number of carbonyl (C=O) groups is 3. The molecule has 0 aliphatic carbocycles. The molecule has 0 saturated carbocycles. The average molecular weight is 629 g/mol. The highest BCUT2D eigenvalue weighted by molar-refractivity contribution is 6.00. The number of hydrogen-bond donors (Lipinski definition) is 4. The Labute approximate surface area is 264 Å². The van der Waals surface area contributed by atoms with Crippen molar-refractivity contribution >= 4 is 17.7 Å². The van der Waals surface area contributed by atoms with Gasteiger partial charge in [0.15, 0.2) is 5.78 Å². The first-order valence-electron chi connectivity index (χ1n) is 14.4. The smallest absolute Gasteiger partial charge is 0.338 e. The SMILES string of the molecule is O=C(Cc1ccccc1C(=O)OCc1cc(O)ccc1O[C@H]1O[C@@H](COC(=O)c2ccccc2)[C@H](O)[C@@H](O)[C@@H]1O)c1ccccc1. The average Bonchev–Trinajstić information content (AvgIpc) is 3.08. The van der Waals surface area contributed by atoms with Crippen LogP contribution in [0.2, 0.25) is 0 Å². The Morgan fingerprint density at radius 2 is 1.33 bits per heavy atom. The van der Waals surface area contributed by atoms with Crippen LogP contribution < -0.4 is 4.74 Å². The molecule has 1 fully saturated rings. The third-order valence-corrected chi connectivity index (χ3v) is 7.39. The minimum absolute atomic E-state index is 0.0251. The lowest BCUT2D eigenvalue weighted by atomic mass is 9.99. The molecule has 1 aliphatic rings. The first-order chi connectivity index (χ1) is 22.2. The lowest BCUT2D eigenvalue weighted by molar-refractivity contribution is -0.277. The normalized spacial score (nSPS) is 20.8. The van der Waals surface area contributed by atoms with E-state index >= 15 is 0 Å². The lowest BCUT2D eigenvalue weighted by Crippen LogP contribution is -2.60. The zero-order valence-corrected chi connectivity index (χ0v) is 24.5. The maximum Gasteiger partial charge on any atom is 0.338 e. The lowest BCUT2D eigenvalue weighted by Gasteiger charge is -2.40. The predicted octanol–water partition coefficient (Wildman–Crippen LogP) is 3.22. The second kappa shape index (κ2) is 14.8. The van der Waals surface area contributed by atoms with E-state index in [1.54, 1.807) is 84.9 Å². The summed E-state index contributed by atoms with van der Waals surface area (Å²) in [7, 11) is 0. The fourth-order valence-electron chi connectivity index (χ4n) is 4.88. The summed E-state index contributed by atoms with van der Waals surface area (Å²) in [6, 6.07) is 27.3. The topological polar surface area (TPSA) is 169 Å². The highest BCUT2D eigenvalue weighted by Gasteiger charge is 2.45. The van der Waals surface area contributed by atoms with E-state index in [0.29, 0.717) is 11.1 Å². The Bertz CT molecular complexity index is 1660. The van der Waals surface area contributed by atoms with Crippen molar-refractivity contribution in [2.45, 2.75) is 43.7 Å². The van der Waals surface area contributed by atoms with Crippen molar-refractivity contribution in [3.63, 3.8) is 0 Å². The molecular weight excluding hydrogens is 596 g/mol. The van der Waals surface area contributed by atoms with Gasteiger partial charge in [-0.3, -0.25) is 4.79 Å². The first kappa shape index (κ1) is 32.3. The van der Waals surface area contributed by atoms with E-state index in [-0.39, 0.29) is 47.0 Å². The molecule has 0 unspecified atom stereocenters. The van der Waals surface area contributed by atoms with Crippen molar-refractivity contribution in [2.75, 3.05) is 6.61 Å². The van der Waals surface area contributed by atoms with Crippen LogP contribution in [0, 0.1) is 0 Å². The highest BCUT2D eigenvalue weighted by atomic mass is 16.7. The summed E-state index contributed by atoms with van der Waals surface area (Å²) in [6.45, 7) is -0.833. The van der Waals surface area contributed by atoms with Gasteiger partial charge in [-0.25, -0.2) is 9.59 Å². The zero-order valence-electron chi connectivity index (χ0n) is 24.5. The number of ether oxygens (including phenoxy) is 4. The number of Topliss-reactive ketones (excluding diaryl/α,β-unsaturated/α-hetero) is 1. The minimum Gasteiger partial charge on any atom is -0.508 e. The Morgan fingerprint density at radius 1 is 0.674 bits per heavy atom. The van der Waals surface area contributed by atoms with Gasteiger partial charge in [0, 0.05) is 17.5 Å². The molecule has 46 heavy (non-hydrogen) atoms. The summed E-state index contributed by atoms with van der Waals surface area (Å²) in [5.41, 5.74) is 1.63. The number of aliphatic hydroxyl groups is 3. The van der Waals surface area contributed by atoms with Gasteiger partial charge in [0.1, 0.15) is 49.1 Å². The number of aliphatic hydroxyl groups excluding tert-OH is 3. The number of phenolic OH excluding ortho intramolecular Hbond substituents is 1. The number of rotatable bonds is 11. The Balaban J connectivity index is 1.26. The molecule has 1 saturated heterocycles. The van der Waals surface area contributed by atoms with Crippen molar-refractivity contribution in [3.8, 4) is 11.5 Å². The van der Waals surface area contributed by atoms with Gasteiger partial charge in [-0.15, -0.1) is 0 Å². The van der Waals surface area contributed by atoms with Gasteiger partial charge in [0.2, 0.25) is 6.29 Å². The monoisotopic (exact) mass is 628 g/mol. The third-order valence-electron chi connectivity index (χ3n) is 7.39. The standard InChI is InChI=1S/C35H32O11/c36-25-15-16-28(45-35-32(40)31(39)30(38)29(46-35)20-44-33(41)22-11-5-2-6-12-22)24(17-25)19-43-34(42)26-14-8-7-13-23(26)18-27(37)21-9-3-1-4-10-21/h1-17,29-32,35-36,38-40H,18-20H2/t29-,30-,31+,32-,35-/m0/s1. The van der Waals surface area contributed by atoms with E-state index in [9.17, 15) is 34.8 Å². The Kier molecular flexibility index (Phi) is 10.4. The molecule has 5 rings (SSSR count). The van der Waals surface area contributed by atoms with Gasteiger partial charge in [0.25, 0.3) is 0 Å². The van der Waals surface area contributed by atoms with E-state index in [1.807, 2.05) is 0 Å². The molecule has 11 nitrogen and oxygen atoms in total. The van der Waals surface area contributed by atoms with Crippen molar-refractivity contribution in [1.82, 2.24) is 0 Å². The van der Waals surface area contributed by atoms with E-state index < -0.39 is 49.3 Å². The molecule has 11 heteroatoms. The van der Waals surface area contributed by atoms with Gasteiger partial charge in [-0.05, 0) is 42.0 Å². The molecule has 238 valence electrons. The first-order valence-corrected chi connectivity index (χ1v) is 14.4. The number of ketones is 1. The molecule has 0 aromatic heterocycles.